The Morgan fingerprint density at radius 1 is 1.13 bits per heavy atom. The van der Waals surface area contributed by atoms with Crippen molar-refractivity contribution in [1.29, 1.82) is 5.26 Å². The van der Waals surface area contributed by atoms with Crippen molar-refractivity contribution in [2.45, 2.75) is 44.3 Å². The number of rotatable bonds is 5. The third kappa shape index (κ3) is 4.81. The highest BCUT2D eigenvalue weighted by molar-refractivity contribution is 6.07. The third-order valence-electron chi connectivity index (χ3n) is 9.42. The van der Waals surface area contributed by atoms with Crippen LogP contribution in [0.2, 0.25) is 0 Å². The minimum Gasteiger partial charge on any atom is -0.508 e. The van der Waals surface area contributed by atoms with Crippen molar-refractivity contribution < 1.29 is 9.90 Å². The molecule has 2 aliphatic heterocycles. The van der Waals surface area contributed by atoms with Crippen molar-refractivity contribution in [1.82, 2.24) is 28.9 Å². The van der Waals surface area contributed by atoms with Crippen molar-refractivity contribution in [2.75, 3.05) is 38.6 Å². The predicted octanol–water partition coefficient (Wildman–Crippen LogP) is 3.81. The predicted molar refractivity (Wildman–Crippen MR) is 177 cm³/mol. The van der Waals surface area contributed by atoms with Gasteiger partial charge in [-0.15, -0.1) is 0 Å². The standard InChI is InChI=1S/C35H34N8O3/c1-4-7-30(45)41-14-11-24(17-23(41)10-13-36)43-21-37-32-33(43)28-12-15-42(29-18-26(44)16-22-8-5-6-9-27(22)29)35(46)31(28)38-34(32)40-19-25(20-40)39(2)3/h5-6,8-9,12,15-16,18,21,23-25,44H,10-11,14,17,19-20H2,1-3H3/t23-,24+/m1/s1. The SMILES string of the molecule is CC#CC(=O)N1CC[C@H](n2cnc3c(N4CC(N(C)C)C4)nc4c(=O)n(-c5cc(O)cc6ccccc56)ccc4c32)C[C@H]1CC#N. The number of nitrogens with zero attached hydrogens (tertiary/aromatic N) is 8. The Labute approximate surface area is 265 Å². The zero-order chi connectivity index (χ0) is 32.1. The van der Waals surface area contributed by atoms with Crippen molar-refractivity contribution >= 4 is 44.4 Å². The first-order valence-electron chi connectivity index (χ1n) is 15.4. The van der Waals surface area contributed by atoms with Crippen LogP contribution in [0.15, 0.2) is 59.8 Å². The number of fused-ring (bicyclic) bond motifs is 4. The van der Waals surface area contributed by atoms with E-state index in [-0.39, 0.29) is 35.7 Å². The fraction of sp³-hybridized carbons (Fsp3) is 0.343. The number of amides is 1. The lowest BCUT2D eigenvalue weighted by Crippen LogP contribution is -2.57. The van der Waals surface area contributed by atoms with Crippen molar-refractivity contribution in [3.8, 4) is 29.3 Å². The number of likely N-dealkylation sites (tertiary alicyclic amines) is 1. The van der Waals surface area contributed by atoms with E-state index in [0.717, 1.165) is 34.9 Å². The maximum Gasteiger partial charge on any atom is 0.298 e. The van der Waals surface area contributed by atoms with E-state index < -0.39 is 0 Å². The largest absolute Gasteiger partial charge is 0.508 e. The highest BCUT2D eigenvalue weighted by atomic mass is 16.3. The summed E-state index contributed by atoms with van der Waals surface area (Å²) in [7, 11) is 4.11. The summed E-state index contributed by atoms with van der Waals surface area (Å²) >= 11 is 0. The van der Waals surface area contributed by atoms with Gasteiger partial charge in [0, 0.05) is 60.8 Å². The number of nitriles is 1. The number of hydrogen-bond donors (Lipinski definition) is 1. The molecule has 5 heterocycles. The summed E-state index contributed by atoms with van der Waals surface area (Å²) in [4.78, 5) is 43.0. The van der Waals surface area contributed by atoms with Crippen LogP contribution in [0.5, 0.6) is 5.75 Å². The van der Waals surface area contributed by atoms with Crippen molar-refractivity contribution in [2.24, 2.45) is 0 Å². The lowest BCUT2D eigenvalue weighted by Gasteiger charge is -2.43. The van der Waals surface area contributed by atoms with Gasteiger partial charge in [0.15, 0.2) is 5.82 Å². The number of anilines is 1. The Kier molecular flexibility index (Phi) is 7.34. The van der Waals surface area contributed by atoms with Crippen LogP contribution in [-0.4, -0.2) is 85.7 Å². The number of carbonyl (C=O) groups is 1. The van der Waals surface area contributed by atoms with Crippen molar-refractivity contribution in [3.05, 3.63) is 65.3 Å². The van der Waals surface area contributed by atoms with E-state index in [9.17, 15) is 20.0 Å². The Morgan fingerprint density at radius 3 is 2.70 bits per heavy atom. The minimum absolute atomic E-state index is 0.0520. The number of aromatic nitrogens is 4. The van der Waals surface area contributed by atoms with Gasteiger partial charge in [-0.3, -0.25) is 14.2 Å². The monoisotopic (exact) mass is 614 g/mol. The second-order valence-electron chi connectivity index (χ2n) is 12.3. The second kappa shape index (κ2) is 11.5. The van der Waals surface area contributed by atoms with Crippen LogP contribution >= 0.6 is 0 Å². The summed E-state index contributed by atoms with van der Waals surface area (Å²) in [6.07, 6.45) is 4.97. The van der Waals surface area contributed by atoms with Gasteiger partial charge >= 0.3 is 0 Å². The van der Waals surface area contributed by atoms with Gasteiger partial charge in [-0.2, -0.15) is 5.26 Å². The highest BCUT2D eigenvalue weighted by Gasteiger charge is 2.35. The van der Waals surface area contributed by atoms with E-state index in [1.54, 1.807) is 34.7 Å². The molecule has 0 radical (unpaired) electrons. The van der Waals surface area contributed by atoms with Crippen LogP contribution in [0, 0.1) is 23.2 Å². The molecular formula is C35H34N8O3. The molecule has 11 heteroatoms. The number of hydrogen-bond acceptors (Lipinski definition) is 8. The molecule has 0 spiro atoms. The molecule has 3 aromatic heterocycles. The summed E-state index contributed by atoms with van der Waals surface area (Å²) in [6.45, 7) is 3.62. The Bertz CT molecular complexity index is 2180. The highest BCUT2D eigenvalue weighted by Crippen LogP contribution is 2.38. The molecule has 7 rings (SSSR count). The van der Waals surface area contributed by atoms with E-state index in [0.29, 0.717) is 47.8 Å². The molecule has 46 heavy (non-hydrogen) atoms. The molecule has 0 bridgehead atoms. The third-order valence-corrected chi connectivity index (χ3v) is 9.42. The number of phenolic OH excluding ortho intramolecular Hbond substituents is 1. The van der Waals surface area contributed by atoms with Gasteiger partial charge in [0.1, 0.15) is 16.8 Å². The molecule has 5 aromatic rings. The lowest BCUT2D eigenvalue weighted by molar-refractivity contribution is -0.129. The first kappa shape index (κ1) is 29.3. The van der Waals surface area contributed by atoms with Crippen LogP contribution in [-0.2, 0) is 4.79 Å². The van der Waals surface area contributed by atoms with Gasteiger partial charge in [0.25, 0.3) is 11.5 Å². The topological polar surface area (TPSA) is 124 Å². The van der Waals surface area contributed by atoms with Crippen molar-refractivity contribution in [3.63, 3.8) is 0 Å². The van der Waals surface area contributed by atoms with E-state index in [1.807, 2.05) is 36.7 Å². The van der Waals surface area contributed by atoms with Gasteiger partial charge < -0.3 is 24.4 Å². The van der Waals surface area contributed by atoms with E-state index in [4.69, 9.17) is 9.97 Å². The first-order chi connectivity index (χ1) is 22.3. The number of aromatic hydroxyl groups is 1. The van der Waals surface area contributed by atoms with Gasteiger partial charge in [-0.05, 0) is 57.3 Å². The molecule has 232 valence electrons. The number of benzene rings is 2. The van der Waals surface area contributed by atoms with Gasteiger partial charge in [0.05, 0.1) is 30.0 Å². The molecular weight excluding hydrogens is 580 g/mol. The molecule has 0 unspecified atom stereocenters. The van der Waals surface area contributed by atoms with E-state index in [2.05, 4.69) is 46.4 Å². The number of phenols is 1. The van der Waals surface area contributed by atoms with Crippen LogP contribution in [0.25, 0.3) is 38.4 Å². The van der Waals surface area contributed by atoms with E-state index in [1.165, 1.54) is 0 Å². The zero-order valence-corrected chi connectivity index (χ0v) is 26.0. The first-order valence-corrected chi connectivity index (χ1v) is 15.4. The van der Waals surface area contributed by atoms with Gasteiger partial charge in [0.2, 0.25) is 0 Å². The van der Waals surface area contributed by atoms with Crippen LogP contribution in [0.4, 0.5) is 5.82 Å². The zero-order valence-electron chi connectivity index (χ0n) is 26.0. The number of imidazole rings is 1. The number of pyridine rings is 2. The lowest BCUT2D eigenvalue weighted by atomic mass is 9.94. The summed E-state index contributed by atoms with van der Waals surface area (Å²) in [5, 5.41) is 22.5. The molecule has 2 saturated heterocycles. The number of piperidine rings is 1. The molecule has 2 aliphatic rings. The Hall–Kier alpha value is -5.39. The van der Waals surface area contributed by atoms with Crippen LogP contribution in [0.1, 0.15) is 32.2 Å². The summed E-state index contributed by atoms with van der Waals surface area (Å²) in [6, 6.07) is 15.1. The van der Waals surface area contributed by atoms with Gasteiger partial charge in [-0.25, -0.2) is 9.97 Å². The fourth-order valence-corrected chi connectivity index (χ4v) is 6.92. The minimum atomic E-state index is -0.297. The molecule has 1 N–H and O–H groups in total. The maximum absolute atomic E-state index is 14.4. The molecule has 11 nitrogen and oxygen atoms in total. The Morgan fingerprint density at radius 2 is 1.93 bits per heavy atom. The normalized spacial score (nSPS) is 18.5. The van der Waals surface area contributed by atoms with E-state index >= 15 is 0 Å². The molecule has 1 amide bonds. The molecule has 2 fully saturated rings. The summed E-state index contributed by atoms with van der Waals surface area (Å²) in [5.74, 6) is 5.78. The van der Waals surface area contributed by atoms with Crippen LogP contribution < -0.4 is 10.5 Å². The number of likely N-dealkylation sites (N-methyl/N-ethyl adjacent to an activating group) is 1. The Balaban J connectivity index is 1.40. The number of carbonyl (C=O) groups excluding carboxylic acids is 1. The quantitative estimate of drug-likeness (QED) is 0.297. The maximum atomic E-state index is 14.4. The van der Waals surface area contributed by atoms with Gasteiger partial charge in [-0.1, -0.05) is 30.2 Å². The summed E-state index contributed by atoms with van der Waals surface area (Å²) in [5.41, 5.74) is 2.12. The fourth-order valence-electron chi connectivity index (χ4n) is 6.92. The average Bonchev–Trinajstić information content (AvgIpc) is 3.46. The molecule has 2 atom stereocenters. The average molecular weight is 615 g/mol. The second-order valence-corrected chi connectivity index (χ2v) is 12.3. The smallest absolute Gasteiger partial charge is 0.298 e. The molecule has 2 aromatic carbocycles. The molecule has 0 aliphatic carbocycles. The molecule has 0 saturated carbocycles. The van der Waals surface area contributed by atoms with Crippen LogP contribution in [0.3, 0.4) is 0 Å². The summed E-state index contributed by atoms with van der Waals surface area (Å²) < 4.78 is 3.66.